The molecule has 1 heterocycles. The maximum atomic E-state index is 13.4. The van der Waals surface area contributed by atoms with Crippen LogP contribution in [0.25, 0.3) is 0 Å². The zero-order chi connectivity index (χ0) is 23.5. The van der Waals surface area contributed by atoms with Crippen molar-refractivity contribution in [3.8, 4) is 17.2 Å². The number of nitrogens with zero attached hydrogens (tertiary/aromatic N) is 1. The van der Waals surface area contributed by atoms with Gasteiger partial charge in [-0.15, -0.1) is 0 Å². The van der Waals surface area contributed by atoms with Crippen molar-refractivity contribution in [2.24, 2.45) is 11.7 Å². The van der Waals surface area contributed by atoms with Gasteiger partial charge in [-0.2, -0.15) is 4.31 Å². The molecule has 1 saturated heterocycles. The fourth-order valence-corrected chi connectivity index (χ4v) is 5.65. The summed E-state index contributed by atoms with van der Waals surface area (Å²) in [5, 5.41) is 0.120. The van der Waals surface area contributed by atoms with Crippen LogP contribution < -0.4 is 19.9 Å². The monoisotopic (exact) mass is 486 g/mol. The predicted molar refractivity (Wildman–Crippen MR) is 116 cm³/mol. The van der Waals surface area contributed by atoms with E-state index < -0.39 is 33.8 Å². The zero-order valence-electron chi connectivity index (χ0n) is 17.6. The minimum absolute atomic E-state index is 0.00391. The Balaban J connectivity index is 1.87. The smallest absolute Gasteiger partial charge is 0.246 e. The van der Waals surface area contributed by atoms with E-state index >= 15 is 0 Å². The standard InChI is InChI=1S/C21H24ClFN2O6S/c1-29-18-11-19(30-2)20(10-16(18)22)32(27,28)25-8-7-17(13(12-25)9-21(24)26)31-15-5-3-14(23)4-6-15/h3-6,10-11,13,17H,7-9,12H2,1-2H3,(H2,24,26)/t13-,17-/m0/s1. The first-order valence-corrected chi connectivity index (χ1v) is 11.6. The molecule has 2 aromatic rings. The highest BCUT2D eigenvalue weighted by Crippen LogP contribution is 2.38. The average Bonchev–Trinajstić information content (AvgIpc) is 2.75. The molecule has 0 aromatic heterocycles. The largest absolute Gasteiger partial charge is 0.495 e. The van der Waals surface area contributed by atoms with Crippen molar-refractivity contribution < 1.29 is 31.8 Å². The number of hydrogen-bond acceptors (Lipinski definition) is 6. The molecule has 0 saturated carbocycles. The number of rotatable bonds is 8. The van der Waals surface area contributed by atoms with Gasteiger partial charge in [-0.3, -0.25) is 4.79 Å². The average molecular weight is 487 g/mol. The van der Waals surface area contributed by atoms with E-state index in [1.54, 1.807) is 0 Å². The van der Waals surface area contributed by atoms with Crippen molar-refractivity contribution in [1.29, 1.82) is 0 Å². The number of carbonyl (C=O) groups is 1. The van der Waals surface area contributed by atoms with Crippen molar-refractivity contribution in [3.05, 3.63) is 47.2 Å². The van der Waals surface area contributed by atoms with Crippen LogP contribution in [0.1, 0.15) is 12.8 Å². The van der Waals surface area contributed by atoms with Gasteiger partial charge in [0.25, 0.3) is 0 Å². The third-order valence-corrected chi connectivity index (χ3v) is 7.43. The minimum Gasteiger partial charge on any atom is -0.495 e. The Morgan fingerprint density at radius 2 is 1.84 bits per heavy atom. The molecule has 11 heteroatoms. The molecule has 1 amide bonds. The molecule has 0 unspecified atom stereocenters. The second-order valence-corrected chi connectivity index (χ2v) is 9.64. The predicted octanol–water partition coefficient (Wildman–Crippen LogP) is 2.83. The second kappa shape index (κ2) is 9.93. The topological polar surface area (TPSA) is 108 Å². The number of nitrogens with two attached hydrogens (primary N) is 1. The normalized spacial score (nSPS) is 19.4. The molecule has 0 bridgehead atoms. The van der Waals surface area contributed by atoms with Gasteiger partial charge in [0.15, 0.2) is 0 Å². The first-order chi connectivity index (χ1) is 15.1. The quantitative estimate of drug-likeness (QED) is 0.614. The lowest BCUT2D eigenvalue weighted by atomic mass is 9.92. The van der Waals surface area contributed by atoms with E-state index in [9.17, 15) is 17.6 Å². The van der Waals surface area contributed by atoms with E-state index in [4.69, 9.17) is 31.5 Å². The van der Waals surface area contributed by atoms with Gasteiger partial charge in [-0.25, -0.2) is 12.8 Å². The summed E-state index contributed by atoms with van der Waals surface area (Å²) in [5.74, 6) is -0.694. The number of halogens is 2. The molecule has 8 nitrogen and oxygen atoms in total. The van der Waals surface area contributed by atoms with Gasteiger partial charge in [0.2, 0.25) is 15.9 Å². The molecule has 1 aliphatic heterocycles. The highest BCUT2D eigenvalue weighted by Gasteiger charge is 2.39. The highest BCUT2D eigenvalue weighted by molar-refractivity contribution is 7.89. The fourth-order valence-electron chi connectivity index (χ4n) is 3.67. The summed E-state index contributed by atoms with van der Waals surface area (Å²) in [6.07, 6.45) is -0.236. The molecule has 0 radical (unpaired) electrons. The summed E-state index contributed by atoms with van der Waals surface area (Å²) in [6, 6.07) is 8.16. The summed E-state index contributed by atoms with van der Waals surface area (Å²) < 4.78 is 57.5. The molecule has 2 atom stereocenters. The molecule has 174 valence electrons. The maximum absolute atomic E-state index is 13.4. The van der Waals surface area contributed by atoms with Gasteiger partial charge in [0, 0.05) is 31.5 Å². The van der Waals surface area contributed by atoms with Crippen LogP contribution in [-0.2, 0) is 14.8 Å². The van der Waals surface area contributed by atoms with E-state index in [-0.39, 0.29) is 40.9 Å². The highest BCUT2D eigenvalue weighted by atomic mass is 35.5. The number of methoxy groups -OCH3 is 2. The Morgan fingerprint density at radius 1 is 1.19 bits per heavy atom. The number of amides is 1. The Kier molecular flexibility index (Phi) is 7.47. The molecule has 0 spiro atoms. The number of ether oxygens (including phenoxy) is 3. The summed E-state index contributed by atoms with van der Waals surface area (Å²) in [4.78, 5) is 11.5. The van der Waals surface area contributed by atoms with Crippen LogP contribution in [0.3, 0.4) is 0 Å². The first kappa shape index (κ1) is 24.1. The van der Waals surface area contributed by atoms with Gasteiger partial charge < -0.3 is 19.9 Å². The number of primary amides is 1. The summed E-state index contributed by atoms with van der Waals surface area (Å²) in [6.45, 7) is 0.139. The lowest BCUT2D eigenvalue weighted by Gasteiger charge is -2.37. The van der Waals surface area contributed by atoms with Gasteiger partial charge in [0.1, 0.15) is 34.1 Å². The second-order valence-electron chi connectivity index (χ2n) is 7.33. The first-order valence-electron chi connectivity index (χ1n) is 9.78. The van der Waals surface area contributed by atoms with Crippen LogP contribution in [0.15, 0.2) is 41.3 Å². The Labute approximate surface area is 191 Å². The van der Waals surface area contributed by atoms with E-state index in [0.29, 0.717) is 12.2 Å². The Hall–Kier alpha value is -2.56. The van der Waals surface area contributed by atoms with Crippen molar-refractivity contribution in [3.63, 3.8) is 0 Å². The number of carbonyl (C=O) groups excluding carboxylic acids is 1. The molecular weight excluding hydrogens is 463 g/mol. The SMILES string of the molecule is COc1cc(OC)c(S(=O)(=O)N2CC[C@H](Oc3ccc(F)cc3)[C@@H](CC(N)=O)C2)cc1Cl. The number of benzene rings is 2. The fraction of sp³-hybridized carbons (Fsp3) is 0.381. The van der Waals surface area contributed by atoms with Crippen molar-refractivity contribution in [1.82, 2.24) is 4.31 Å². The number of sulfonamides is 1. The van der Waals surface area contributed by atoms with Crippen molar-refractivity contribution in [2.45, 2.75) is 23.8 Å². The van der Waals surface area contributed by atoms with Crippen molar-refractivity contribution in [2.75, 3.05) is 27.3 Å². The van der Waals surface area contributed by atoms with Crippen LogP contribution in [0.4, 0.5) is 4.39 Å². The summed E-state index contributed by atoms with van der Waals surface area (Å²) in [5.41, 5.74) is 5.40. The van der Waals surface area contributed by atoms with Crippen LogP contribution in [0.5, 0.6) is 17.2 Å². The molecule has 3 rings (SSSR count). The Morgan fingerprint density at radius 3 is 2.44 bits per heavy atom. The van der Waals surface area contributed by atoms with E-state index in [0.717, 1.165) is 0 Å². The molecular formula is C21H24ClFN2O6S. The van der Waals surface area contributed by atoms with E-state index in [1.165, 1.54) is 54.9 Å². The van der Waals surface area contributed by atoms with Crippen LogP contribution >= 0.6 is 11.6 Å². The third-order valence-electron chi connectivity index (χ3n) is 5.25. The lowest BCUT2D eigenvalue weighted by Crippen LogP contribution is -2.49. The van der Waals surface area contributed by atoms with Gasteiger partial charge in [0.05, 0.1) is 19.2 Å². The molecule has 1 aliphatic rings. The molecule has 1 fully saturated rings. The molecule has 32 heavy (non-hydrogen) atoms. The lowest BCUT2D eigenvalue weighted by molar-refractivity contribution is -0.120. The molecule has 0 aliphatic carbocycles. The Bertz CT molecular complexity index is 1080. The maximum Gasteiger partial charge on any atom is 0.246 e. The molecule has 2 aromatic carbocycles. The van der Waals surface area contributed by atoms with Gasteiger partial charge in [-0.05, 0) is 36.8 Å². The molecule has 2 N–H and O–H groups in total. The number of piperidine rings is 1. The zero-order valence-corrected chi connectivity index (χ0v) is 19.2. The van der Waals surface area contributed by atoms with Crippen LogP contribution in [-0.4, -0.2) is 52.0 Å². The van der Waals surface area contributed by atoms with Crippen molar-refractivity contribution >= 4 is 27.5 Å². The minimum atomic E-state index is -4.01. The van der Waals surface area contributed by atoms with Gasteiger partial charge in [-0.1, -0.05) is 11.6 Å². The van der Waals surface area contributed by atoms with E-state index in [2.05, 4.69) is 0 Å². The number of hydrogen-bond donors (Lipinski definition) is 1. The van der Waals surface area contributed by atoms with Crippen LogP contribution in [0, 0.1) is 11.7 Å². The summed E-state index contributed by atoms with van der Waals surface area (Å²) >= 11 is 6.15. The summed E-state index contributed by atoms with van der Waals surface area (Å²) in [7, 11) is -1.25. The third kappa shape index (κ3) is 5.25. The van der Waals surface area contributed by atoms with Gasteiger partial charge >= 0.3 is 0 Å². The van der Waals surface area contributed by atoms with E-state index in [1.807, 2.05) is 0 Å². The van der Waals surface area contributed by atoms with Crippen LogP contribution in [0.2, 0.25) is 5.02 Å².